The standard InChI is InChI=1S/C11H19N5O3S/c1-14(2)11(17)8-15-3-5-16(6-4-15)20(18,19)10-7-12-9-13-10/h7,9H,3-6,8H2,1-2H3,(H,12,13). The predicted octanol–water partition coefficient (Wildman–Crippen LogP) is -1.20. The third-order valence-electron chi connectivity index (χ3n) is 3.28. The van der Waals surface area contributed by atoms with Crippen LogP contribution in [0.4, 0.5) is 0 Å². The number of aromatic amines is 1. The summed E-state index contributed by atoms with van der Waals surface area (Å²) in [6, 6.07) is 0. The van der Waals surface area contributed by atoms with Gasteiger partial charge in [-0.25, -0.2) is 13.4 Å². The van der Waals surface area contributed by atoms with Crippen LogP contribution >= 0.6 is 0 Å². The van der Waals surface area contributed by atoms with E-state index in [0.29, 0.717) is 32.7 Å². The van der Waals surface area contributed by atoms with Gasteiger partial charge in [0.25, 0.3) is 10.0 Å². The molecule has 1 saturated heterocycles. The van der Waals surface area contributed by atoms with E-state index in [-0.39, 0.29) is 10.9 Å². The van der Waals surface area contributed by atoms with Gasteiger partial charge in [0.2, 0.25) is 5.91 Å². The highest BCUT2D eigenvalue weighted by molar-refractivity contribution is 7.89. The van der Waals surface area contributed by atoms with Gasteiger partial charge in [0.05, 0.1) is 19.1 Å². The Morgan fingerprint density at radius 1 is 1.35 bits per heavy atom. The van der Waals surface area contributed by atoms with E-state index in [9.17, 15) is 13.2 Å². The number of sulfonamides is 1. The lowest BCUT2D eigenvalue weighted by Gasteiger charge is -2.33. The maximum absolute atomic E-state index is 12.2. The average molecular weight is 301 g/mol. The van der Waals surface area contributed by atoms with Gasteiger partial charge in [0.1, 0.15) is 0 Å². The Balaban J connectivity index is 1.93. The van der Waals surface area contributed by atoms with Crippen LogP contribution in [0.15, 0.2) is 17.6 Å². The largest absolute Gasteiger partial charge is 0.348 e. The van der Waals surface area contributed by atoms with Gasteiger partial charge in [-0.05, 0) is 0 Å². The molecule has 1 aromatic heterocycles. The minimum atomic E-state index is -3.49. The quantitative estimate of drug-likeness (QED) is 0.755. The van der Waals surface area contributed by atoms with Gasteiger partial charge in [-0.3, -0.25) is 9.69 Å². The molecule has 1 N–H and O–H groups in total. The van der Waals surface area contributed by atoms with E-state index in [4.69, 9.17) is 0 Å². The highest BCUT2D eigenvalue weighted by Gasteiger charge is 2.29. The predicted molar refractivity (Wildman–Crippen MR) is 72.5 cm³/mol. The summed E-state index contributed by atoms with van der Waals surface area (Å²) in [5, 5.41) is 0.107. The lowest BCUT2D eigenvalue weighted by Crippen LogP contribution is -2.50. The Bertz CT molecular complexity index is 547. The Labute approximate surface area is 118 Å². The summed E-state index contributed by atoms with van der Waals surface area (Å²) in [7, 11) is -0.0745. The molecule has 8 nitrogen and oxygen atoms in total. The highest BCUT2D eigenvalue weighted by Crippen LogP contribution is 2.14. The van der Waals surface area contributed by atoms with Crippen molar-refractivity contribution in [3.05, 3.63) is 12.5 Å². The molecule has 1 aliphatic rings. The fourth-order valence-corrected chi connectivity index (χ4v) is 3.30. The number of carbonyl (C=O) groups is 1. The van der Waals surface area contributed by atoms with Gasteiger partial charge in [-0.2, -0.15) is 4.31 Å². The molecule has 0 radical (unpaired) electrons. The summed E-state index contributed by atoms with van der Waals surface area (Å²) in [4.78, 5) is 21.5. The van der Waals surface area contributed by atoms with Crippen LogP contribution in [0.5, 0.6) is 0 Å². The zero-order valence-electron chi connectivity index (χ0n) is 11.6. The SMILES string of the molecule is CN(C)C(=O)CN1CCN(S(=O)(=O)c2cnc[nH]2)CC1. The van der Waals surface area contributed by atoms with Crippen molar-refractivity contribution in [1.29, 1.82) is 0 Å². The Hall–Kier alpha value is -1.45. The summed E-state index contributed by atoms with van der Waals surface area (Å²) >= 11 is 0. The minimum absolute atomic E-state index is 0.0230. The Morgan fingerprint density at radius 3 is 2.50 bits per heavy atom. The van der Waals surface area contributed by atoms with E-state index >= 15 is 0 Å². The van der Waals surface area contributed by atoms with Crippen LogP contribution in [-0.4, -0.2) is 85.2 Å². The first kappa shape index (κ1) is 14.9. The molecule has 1 aliphatic heterocycles. The summed E-state index contributed by atoms with van der Waals surface area (Å²) < 4.78 is 25.9. The topological polar surface area (TPSA) is 89.6 Å². The molecule has 0 bridgehead atoms. The number of rotatable bonds is 4. The molecule has 2 rings (SSSR count). The Morgan fingerprint density at radius 2 is 2.00 bits per heavy atom. The molecule has 2 heterocycles. The molecule has 1 aromatic rings. The van der Waals surface area contributed by atoms with Crippen molar-refractivity contribution in [2.24, 2.45) is 0 Å². The molecule has 1 fully saturated rings. The lowest BCUT2D eigenvalue weighted by atomic mass is 10.3. The van der Waals surface area contributed by atoms with Gasteiger partial charge in [-0.1, -0.05) is 0 Å². The van der Waals surface area contributed by atoms with Gasteiger partial charge in [-0.15, -0.1) is 0 Å². The number of likely N-dealkylation sites (N-methyl/N-ethyl adjacent to an activating group) is 1. The molecule has 0 aromatic carbocycles. The van der Waals surface area contributed by atoms with Crippen molar-refractivity contribution >= 4 is 15.9 Å². The number of imidazole rings is 1. The lowest BCUT2D eigenvalue weighted by molar-refractivity contribution is -0.130. The van der Waals surface area contributed by atoms with E-state index in [0.717, 1.165) is 0 Å². The number of nitrogens with one attached hydrogen (secondary N) is 1. The third-order valence-corrected chi connectivity index (χ3v) is 5.10. The molecule has 9 heteroatoms. The fourth-order valence-electron chi connectivity index (χ4n) is 1.98. The number of aromatic nitrogens is 2. The summed E-state index contributed by atoms with van der Waals surface area (Å²) in [5.74, 6) is 0.0230. The van der Waals surface area contributed by atoms with Crippen molar-refractivity contribution in [1.82, 2.24) is 24.1 Å². The van der Waals surface area contributed by atoms with Gasteiger partial charge >= 0.3 is 0 Å². The number of hydrogen-bond donors (Lipinski definition) is 1. The van der Waals surface area contributed by atoms with Gasteiger partial charge < -0.3 is 9.88 Å². The zero-order chi connectivity index (χ0) is 14.8. The second-order valence-electron chi connectivity index (χ2n) is 4.88. The van der Waals surface area contributed by atoms with Crippen molar-refractivity contribution < 1.29 is 13.2 Å². The molecule has 20 heavy (non-hydrogen) atoms. The number of nitrogens with zero attached hydrogens (tertiary/aromatic N) is 4. The van der Waals surface area contributed by atoms with Crippen LogP contribution in [0.1, 0.15) is 0 Å². The first-order chi connectivity index (χ1) is 9.41. The average Bonchev–Trinajstić information content (AvgIpc) is 2.93. The molecular formula is C11H19N5O3S. The molecule has 1 amide bonds. The van der Waals surface area contributed by atoms with E-state index in [1.807, 2.05) is 4.90 Å². The molecule has 0 spiro atoms. The molecule has 0 atom stereocenters. The number of amides is 1. The summed E-state index contributed by atoms with van der Waals surface area (Å²) in [6.45, 7) is 2.18. The molecule has 0 saturated carbocycles. The van der Waals surface area contributed by atoms with Crippen molar-refractivity contribution in [3.63, 3.8) is 0 Å². The van der Waals surface area contributed by atoms with Crippen LogP contribution in [0, 0.1) is 0 Å². The maximum atomic E-state index is 12.2. The molecule has 112 valence electrons. The number of piperazine rings is 1. The molecule has 0 aliphatic carbocycles. The number of hydrogen-bond acceptors (Lipinski definition) is 5. The summed E-state index contributed by atoms with van der Waals surface area (Å²) in [6.07, 6.45) is 2.65. The zero-order valence-corrected chi connectivity index (χ0v) is 12.4. The number of carbonyl (C=O) groups excluding carboxylic acids is 1. The fraction of sp³-hybridized carbons (Fsp3) is 0.636. The molecular weight excluding hydrogens is 282 g/mol. The van der Waals surface area contributed by atoms with Crippen LogP contribution in [-0.2, 0) is 14.8 Å². The van der Waals surface area contributed by atoms with Crippen molar-refractivity contribution in [3.8, 4) is 0 Å². The minimum Gasteiger partial charge on any atom is -0.348 e. The van der Waals surface area contributed by atoms with E-state index in [1.54, 1.807) is 14.1 Å². The first-order valence-electron chi connectivity index (χ1n) is 6.32. The van der Waals surface area contributed by atoms with Crippen molar-refractivity contribution in [2.75, 3.05) is 46.8 Å². The summed E-state index contributed by atoms with van der Waals surface area (Å²) in [5.41, 5.74) is 0. The van der Waals surface area contributed by atoms with E-state index in [1.165, 1.54) is 21.7 Å². The van der Waals surface area contributed by atoms with Crippen LogP contribution in [0.3, 0.4) is 0 Å². The van der Waals surface area contributed by atoms with E-state index in [2.05, 4.69) is 9.97 Å². The van der Waals surface area contributed by atoms with Crippen molar-refractivity contribution in [2.45, 2.75) is 5.03 Å². The third kappa shape index (κ3) is 3.17. The van der Waals surface area contributed by atoms with Crippen LogP contribution in [0.2, 0.25) is 0 Å². The van der Waals surface area contributed by atoms with Gasteiger partial charge in [0.15, 0.2) is 5.03 Å². The second kappa shape index (κ2) is 5.90. The van der Waals surface area contributed by atoms with Gasteiger partial charge in [0, 0.05) is 40.3 Å². The maximum Gasteiger partial charge on any atom is 0.260 e. The van der Waals surface area contributed by atoms with E-state index < -0.39 is 10.0 Å². The van der Waals surface area contributed by atoms with Crippen LogP contribution in [0.25, 0.3) is 0 Å². The molecule has 0 unspecified atom stereocenters. The Kier molecular flexibility index (Phi) is 4.41. The normalized spacial score (nSPS) is 18.1. The smallest absolute Gasteiger partial charge is 0.260 e. The number of H-pyrrole nitrogens is 1. The highest BCUT2D eigenvalue weighted by atomic mass is 32.2. The van der Waals surface area contributed by atoms with Crippen LogP contribution < -0.4 is 0 Å². The second-order valence-corrected chi connectivity index (χ2v) is 6.79. The first-order valence-corrected chi connectivity index (χ1v) is 7.76. The monoisotopic (exact) mass is 301 g/mol.